The van der Waals surface area contributed by atoms with Gasteiger partial charge >= 0.3 is 6.18 Å². The summed E-state index contributed by atoms with van der Waals surface area (Å²) in [6.07, 6.45) is -4.62. The van der Waals surface area contributed by atoms with Gasteiger partial charge < -0.3 is 4.90 Å². The van der Waals surface area contributed by atoms with Crippen LogP contribution < -0.4 is 4.90 Å². The summed E-state index contributed by atoms with van der Waals surface area (Å²) in [6.45, 7) is 0. The Bertz CT molecular complexity index is 613. The lowest BCUT2D eigenvalue weighted by Gasteiger charge is -2.19. The Hall–Kier alpha value is -1.89. The maximum absolute atomic E-state index is 12.8. The third kappa shape index (κ3) is 3.16. The van der Waals surface area contributed by atoms with E-state index >= 15 is 0 Å². The van der Waals surface area contributed by atoms with Crippen molar-refractivity contribution < 1.29 is 17.6 Å². The molecular weight excluding hydrogens is 298 g/mol. The second kappa shape index (κ2) is 5.24. The van der Waals surface area contributed by atoms with Gasteiger partial charge in [0.05, 0.1) is 0 Å². The van der Waals surface area contributed by atoms with Gasteiger partial charge in [0.2, 0.25) is 5.28 Å². The third-order valence-corrected chi connectivity index (χ3v) is 2.70. The van der Waals surface area contributed by atoms with Crippen molar-refractivity contribution in [2.24, 2.45) is 0 Å². The molecule has 0 N–H and O–H groups in total. The Balaban J connectivity index is 2.42. The highest BCUT2D eigenvalue weighted by molar-refractivity contribution is 6.28. The van der Waals surface area contributed by atoms with E-state index < -0.39 is 23.0 Å². The highest BCUT2D eigenvalue weighted by atomic mass is 35.5. The van der Waals surface area contributed by atoms with E-state index in [1.165, 1.54) is 36.2 Å². The molecule has 0 spiro atoms. The molecule has 8 heteroatoms. The summed E-state index contributed by atoms with van der Waals surface area (Å²) in [5.41, 5.74) is -0.671. The van der Waals surface area contributed by atoms with Gasteiger partial charge in [-0.2, -0.15) is 13.2 Å². The van der Waals surface area contributed by atoms with Gasteiger partial charge in [0, 0.05) is 18.8 Å². The molecular formula is C12H8ClF4N3. The maximum Gasteiger partial charge on any atom is 0.433 e. The second-order valence-corrected chi connectivity index (χ2v) is 4.25. The number of rotatable bonds is 2. The van der Waals surface area contributed by atoms with E-state index in [-0.39, 0.29) is 5.82 Å². The van der Waals surface area contributed by atoms with Crippen LogP contribution >= 0.6 is 11.6 Å². The van der Waals surface area contributed by atoms with Crippen molar-refractivity contribution in [1.29, 1.82) is 0 Å². The van der Waals surface area contributed by atoms with Crippen molar-refractivity contribution in [3.8, 4) is 0 Å². The summed E-state index contributed by atoms with van der Waals surface area (Å²) in [6, 6.07) is 5.99. The maximum atomic E-state index is 12.8. The summed E-state index contributed by atoms with van der Waals surface area (Å²) in [7, 11) is 1.49. The van der Waals surface area contributed by atoms with Crippen LogP contribution in [0, 0.1) is 5.82 Å². The van der Waals surface area contributed by atoms with Gasteiger partial charge in [0.15, 0.2) is 5.69 Å². The lowest BCUT2D eigenvalue weighted by molar-refractivity contribution is -0.141. The zero-order valence-corrected chi connectivity index (χ0v) is 10.9. The molecule has 0 bridgehead atoms. The Morgan fingerprint density at radius 1 is 1.10 bits per heavy atom. The Morgan fingerprint density at radius 2 is 1.70 bits per heavy atom. The number of hydrogen-bond acceptors (Lipinski definition) is 3. The van der Waals surface area contributed by atoms with Gasteiger partial charge in [-0.25, -0.2) is 14.4 Å². The van der Waals surface area contributed by atoms with Crippen molar-refractivity contribution in [2.75, 3.05) is 11.9 Å². The molecule has 1 aromatic carbocycles. The first kappa shape index (κ1) is 14.5. The zero-order valence-electron chi connectivity index (χ0n) is 10.1. The molecule has 0 atom stereocenters. The number of alkyl halides is 3. The van der Waals surface area contributed by atoms with Gasteiger partial charge in [-0.05, 0) is 35.9 Å². The largest absolute Gasteiger partial charge is 0.433 e. The lowest BCUT2D eigenvalue weighted by Crippen LogP contribution is -2.15. The van der Waals surface area contributed by atoms with Crippen LogP contribution in [0.25, 0.3) is 0 Å². The quantitative estimate of drug-likeness (QED) is 0.619. The monoisotopic (exact) mass is 305 g/mol. The normalized spacial score (nSPS) is 11.5. The van der Waals surface area contributed by atoms with E-state index in [9.17, 15) is 17.6 Å². The molecule has 0 fully saturated rings. The first-order chi connectivity index (χ1) is 9.27. The van der Waals surface area contributed by atoms with Crippen molar-refractivity contribution in [3.05, 3.63) is 47.1 Å². The van der Waals surface area contributed by atoms with Gasteiger partial charge in [-0.1, -0.05) is 0 Å². The fraction of sp³-hybridized carbons (Fsp3) is 0.167. The lowest BCUT2D eigenvalue weighted by atomic mass is 10.3. The molecule has 106 valence electrons. The van der Waals surface area contributed by atoms with Crippen molar-refractivity contribution in [2.45, 2.75) is 6.18 Å². The molecule has 0 aliphatic heterocycles. The molecule has 0 saturated heterocycles. The molecule has 0 unspecified atom stereocenters. The fourth-order valence-electron chi connectivity index (χ4n) is 1.52. The number of anilines is 2. The van der Waals surface area contributed by atoms with E-state index in [2.05, 4.69) is 9.97 Å². The SMILES string of the molecule is CN(c1ccc(F)cc1)c1cc(C(F)(F)F)nc(Cl)n1. The van der Waals surface area contributed by atoms with Gasteiger partial charge in [0.25, 0.3) is 0 Å². The number of nitrogens with zero attached hydrogens (tertiary/aromatic N) is 3. The van der Waals surface area contributed by atoms with Crippen LogP contribution in [0.4, 0.5) is 29.1 Å². The number of hydrogen-bond donors (Lipinski definition) is 0. The van der Waals surface area contributed by atoms with Crippen molar-refractivity contribution >= 4 is 23.1 Å². The van der Waals surface area contributed by atoms with Crippen molar-refractivity contribution in [3.63, 3.8) is 0 Å². The molecule has 0 aliphatic carbocycles. The van der Waals surface area contributed by atoms with Gasteiger partial charge in [-0.3, -0.25) is 0 Å². The molecule has 1 heterocycles. The molecule has 0 radical (unpaired) electrons. The Morgan fingerprint density at radius 3 is 2.25 bits per heavy atom. The minimum Gasteiger partial charge on any atom is -0.329 e. The molecule has 0 aliphatic rings. The van der Waals surface area contributed by atoms with E-state index in [1.54, 1.807) is 0 Å². The highest BCUT2D eigenvalue weighted by Crippen LogP contribution is 2.31. The summed E-state index contributed by atoms with van der Waals surface area (Å²) >= 11 is 5.50. The van der Waals surface area contributed by atoms with Crippen LogP contribution in [0.5, 0.6) is 0 Å². The number of benzene rings is 1. The summed E-state index contributed by atoms with van der Waals surface area (Å²) in [5, 5.41) is -0.510. The first-order valence-corrected chi connectivity index (χ1v) is 5.76. The van der Waals surface area contributed by atoms with E-state index in [1.807, 2.05) is 0 Å². The molecule has 20 heavy (non-hydrogen) atoms. The number of aromatic nitrogens is 2. The average Bonchev–Trinajstić information content (AvgIpc) is 2.37. The standard InChI is InChI=1S/C12H8ClF4N3/c1-20(8-4-2-7(14)3-5-8)10-6-9(12(15,16)17)18-11(13)19-10/h2-6H,1H3. The summed E-state index contributed by atoms with van der Waals surface area (Å²) in [5.74, 6) is -0.484. The molecule has 0 amide bonds. The number of halogens is 5. The van der Waals surface area contributed by atoms with Gasteiger partial charge in [0.1, 0.15) is 11.6 Å². The highest BCUT2D eigenvalue weighted by Gasteiger charge is 2.34. The Kier molecular flexibility index (Phi) is 3.80. The van der Waals surface area contributed by atoms with E-state index in [0.717, 1.165) is 6.07 Å². The van der Waals surface area contributed by atoms with Crippen LogP contribution in [-0.4, -0.2) is 17.0 Å². The van der Waals surface area contributed by atoms with Crippen LogP contribution in [0.1, 0.15) is 5.69 Å². The molecule has 2 aromatic rings. The Labute approximate surface area is 116 Å². The predicted octanol–water partition coefficient (Wildman–Crippen LogP) is 4.06. The van der Waals surface area contributed by atoms with Crippen LogP contribution in [-0.2, 0) is 6.18 Å². The smallest absolute Gasteiger partial charge is 0.329 e. The second-order valence-electron chi connectivity index (χ2n) is 3.91. The fourth-order valence-corrected chi connectivity index (χ4v) is 1.70. The third-order valence-electron chi connectivity index (χ3n) is 2.53. The summed E-state index contributed by atoms with van der Waals surface area (Å²) < 4.78 is 50.8. The van der Waals surface area contributed by atoms with Gasteiger partial charge in [-0.15, -0.1) is 0 Å². The molecule has 2 rings (SSSR count). The van der Waals surface area contributed by atoms with Crippen LogP contribution in [0.3, 0.4) is 0 Å². The van der Waals surface area contributed by atoms with E-state index in [0.29, 0.717) is 5.69 Å². The summed E-state index contributed by atoms with van der Waals surface area (Å²) in [4.78, 5) is 8.22. The molecule has 1 aromatic heterocycles. The minimum atomic E-state index is -4.62. The van der Waals surface area contributed by atoms with Crippen molar-refractivity contribution in [1.82, 2.24) is 9.97 Å². The predicted molar refractivity (Wildman–Crippen MR) is 66.5 cm³/mol. The minimum absolute atomic E-state index is 0.0380. The topological polar surface area (TPSA) is 29.0 Å². The van der Waals surface area contributed by atoms with Crippen LogP contribution in [0.15, 0.2) is 30.3 Å². The van der Waals surface area contributed by atoms with Crippen LogP contribution in [0.2, 0.25) is 5.28 Å². The zero-order chi connectivity index (χ0) is 14.9. The molecule has 0 saturated carbocycles. The average molecular weight is 306 g/mol. The van der Waals surface area contributed by atoms with E-state index in [4.69, 9.17) is 11.6 Å². The molecule has 3 nitrogen and oxygen atoms in total. The first-order valence-electron chi connectivity index (χ1n) is 5.38.